The first-order valence-electron chi connectivity index (χ1n) is 7.88. The summed E-state index contributed by atoms with van der Waals surface area (Å²) in [5.74, 6) is 0.864. The minimum Gasteiger partial charge on any atom is -0.497 e. The van der Waals surface area contributed by atoms with Crippen LogP contribution in [0, 0.1) is 3.57 Å². The van der Waals surface area contributed by atoms with Gasteiger partial charge in [0.1, 0.15) is 10.4 Å². The number of anilines is 1. The third kappa shape index (κ3) is 3.11. The number of nitrogens with zero attached hydrogens (tertiary/aromatic N) is 1. The molecule has 1 aliphatic heterocycles. The third-order valence-electron chi connectivity index (χ3n) is 4.21. The average Bonchev–Trinajstić information content (AvgIpc) is 3.02. The summed E-state index contributed by atoms with van der Waals surface area (Å²) in [5.41, 5.74) is 4.39. The van der Waals surface area contributed by atoms with E-state index in [-0.39, 0.29) is 5.54 Å². The maximum Gasteiger partial charge on any atom is 0.135 e. The van der Waals surface area contributed by atoms with Gasteiger partial charge >= 0.3 is 0 Å². The molecular formula is C19H17IN2OS2. The van der Waals surface area contributed by atoms with Gasteiger partial charge in [0.05, 0.1) is 23.2 Å². The van der Waals surface area contributed by atoms with Crippen molar-refractivity contribution in [3.05, 3.63) is 55.6 Å². The van der Waals surface area contributed by atoms with Gasteiger partial charge in [-0.25, -0.2) is 4.99 Å². The highest BCUT2D eigenvalue weighted by Gasteiger charge is 2.33. The van der Waals surface area contributed by atoms with Crippen molar-refractivity contribution in [2.45, 2.75) is 19.4 Å². The number of methoxy groups -OCH3 is 1. The number of ether oxygens (including phenoxy) is 1. The van der Waals surface area contributed by atoms with E-state index in [1.807, 2.05) is 6.07 Å². The predicted octanol–water partition coefficient (Wildman–Crippen LogP) is 5.98. The molecule has 6 heteroatoms. The van der Waals surface area contributed by atoms with E-state index >= 15 is 0 Å². The van der Waals surface area contributed by atoms with E-state index in [0.29, 0.717) is 0 Å². The second-order valence-corrected chi connectivity index (χ2v) is 9.80. The molecule has 0 amide bonds. The van der Waals surface area contributed by atoms with Crippen molar-refractivity contribution in [1.29, 1.82) is 0 Å². The van der Waals surface area contributed by atoms with Gasteiger partial charge in [-0.1, -0.05) is 20.7 Å². The van der Waals surface area contributed by atoms with Crippen LogP contribution in [0.3, 0.4) is 0 Å². The molecule has 1 aromatic heterocycles. The van der Waals surface area contributed by atoms with Gasteiger partial charge in [-0.15, -0.1) is 0 Å². The smallest absolute Gasteiger partial charge is 0.135 e. The van der Waals surface area contributed by atoms with Crippen LogP contribution in [0.25, 0.3) is 11.1 Å². The van der Waals surface area contributed by atoms with Crippen molar-refractivity contribution in [2.75, 3.05) is 12.4 Å². The van der Waals surface area contributed by atoms with Gasteiger partial charge in [0.2, 0.25) is 0 Å². The van der Waals surface area contributed by atoms with Gasteiger partial charge in [0.25, 0.3) is 0 Å². The average molecular weight is 480 g/mol. The van der Waals surface area contributed by atoms with Crippen molar-refractivity contribution >= 4 is 54.6 Å². The number of halogens is 1. The Morgan fingerprint density at radius 3 is 2.56 bits per heavy atom. The Kier molecular flexibility index (Phi) is 4.37. The molecule has 0 unspecified atom stereocenters. The molecule has 0 atom stereocenters. The maximum atomic E-state index is 5.44. The van der Waals surface area contributed by atoms with Gasteiger partial charge in [0.15, 0.2) is 0 Å². The molecule has 4 rings (SSSR count). The molecule has 0 saturated heterocycles. The molecule has 2 heterocycles. The van der Waals surface area contributed by atoms with Crippen LogP contribution in [0.1, 0.15) is 18.7 Å². The van der Waals surface area contributed by atoms with Gasteiger partial charge in [-0.2, -0.15) is 0 Å². The topological polar surface area (TPSA) is 33.6 Å². The molecule has 1 N–H and O–H groups in total. The van der Waals surface area contributed by atoms with Gasteiger partial charge in [-0.3, -0.25) is 0 Å². The van der Waals surface area contributed by atoms with Gasteiger partial charge in [0, 0.05) is 20.4 Å². The van der Waals surface area contributed by atoms with Crippen LogP contribution in [0.15, 0.2) is 47.5 Å². The van der Waals surface area contributed by atoms with Crippen LogP contribution in [0.5, 0.6) is 5.75 Å². The van der Waals surface area contributed by atoms with E-state index in [2.05, 4.69) is 78.2 Å². The quantitative estimate of drug-likeness (QED) is 0.362. The normalized spacial score (nSPS) is 15.3. The second kappa shape index (κ2) is 6.41. The largest absolute Gasteiger partial charge is 0.497 e. The molecule has 2 aromatic carbocycles. The molecule has 128 valence electrons. The maximum absolute atomic E-state index is 5.44. The van der Waals surface area contributed by atoms with E-state index < -0.39 is 0 Å². The molecule has 1 aliphatic rings. The number of rotatable bonds is 2. The second-order valence-electron chi connectivity index (χ2n) is 6.43. The summed E-state index contributed by atoms with van der Waals surface area (Å²) >= 11 is 2.31. The predicted molar refractivity (Wildman–Crippen MR) is 115 cm³/mol. The highest BCUT2D eigenvalue weighted by atomic mass is 127. The van der Waals surface area contributed by atoms with Crippen LogP contribution >= 0.6 is 43.3 Å². The van der Waals surface area contributed by atoms with E-state index in [4.69, 9.17) is 9.73 Å². The van der Waals surface area contributed by atoms with E-state index in [9.17, 15) is 0 Å². The lowest BCUT2D eigenvalue weighted by atomic mass is 9.90. The first kappa shape index (κ1) is 17.1. The molecule has 0 radical (unpaired) electrons. The minimum absolute atomic E-state index is 0.113. The Morgan fingerprint density at radius 1 is 1.08 bits per heavy atom. The Morgan fingerprint density at radius 2 is 1.84 bits per heavy atom. The standard InChI is InChI=1S/C19H17IN2OS2/c1-19(2)17-16(14-10-13(23-3)8-9-15(14)22-19)18(25-24-17)21-12-6-4-11(20)5-7-12/h4-10,22H,1-3H3. The molecule has 0 bridgehead atoms. The highest BCUT2D eigenvalue weighted by Crippen LogP contribution is 2.46. The van der Waals surface area contributed by atoms with Crippen LogP contribution in [0.4, 0.5) is 11.4 Å². The summed E-state index contributed by atoms with van der Waals surface area (Å²) in [6.07, 6.45) is 0. The Labute approximate surface area is 167 Å². The molecule has 3 aromatic rings. The van der Waals surface area contributed by atoms with Crippen molar-refractivity contribution in [1.82, 2.24) is 0 Å². The number of nitrogens with one attached hydrogen (secondary N) is 1. The minimum atomic E-state index is -0.113. The van der Waals surface area contributed by atoms with Gasteiger partial charge < -0.3 is 10.1 Å². The van der Waals surface area contributed by atoms with Crippen LogP contribution in [-0.4, -0.2) is 7.11 Å². The zero-order valence-electron chi connectivity index (χ0n) is 14.1. The summed E-state index contributed by atoms with van der Waals surface area (Å²) in [4.78, 5) is 6.25. The Hall–Kier alpha value is -1.38. The zero-order chi connectivity index (χ0) is 17.6. The van der Waals surface area contributed by atoms with Crippen molar-refractivity contribution < 1.29 is 4.74 Å². The van der Waals surface area contributed by atoms with Gasteiger partial charge in [-0.05, 0) is 78.9 Å². The number of benzene rings is 2. The molecule has 0 fully saturated rings. The fraction of sp³-hybridized carbons (Fsp3) is 0.211. The number of hydrogen-bond donors (Lipinski definition) is 1. The molecule has 3 nitrogen and oxygen atoms in total. The number of fused-ring (bicyclic) bond motifs is 3. The number of hydrogen-bond acceptors (Lipinski definition) is 5. The first-order chi connectivity index (χ1) is 12.0. The van der Waals surface area contributed by atoms with Crippen molar-refractivity contribution in [3.8, 4) is 16.9 Å². The molecule has 0 aliphatic carbocycles. The fourth-order valence-corrected chi connectivity index (χ4v) is 6.28. The highest BCUT2D eigenvalue weighted by molar-refractivity contribution is 14.1. The van der Waals surface area contributed by atoms with E-state index in [1.54, 1.807) is 27.8 Å². The molecule has 0 spiro atoms. The van der Waals surface area contributed by atoms with E-state index in [1.165, 1.54) is 14.0 Å². The van der Waals surface area contributed by atoms with Crippen LogP contribution in [-0.2, 0) is 5.54 Å². The Balaban J connectivity index is 1.96. The zero-order valence-corrected chi connectivity index (χ0v) is 17.9. The lowest BCUT2D eigenvalue weighted by Crippen LogP contribution is -2.31. The SMILES string of the molecule is COc1ccc2c(c1)-c1c(ssc1=Nc1ccc(I)cc1)C(C)(C)N2. The monoisotopic (exact) mass is 480 g/mol. The van der Waals surface area contributed by atoms with Crippen molar-refractivity contribution in [2.24, 2.45) is 4.99 Å². The lowest BCUT2D eigenvalue weighted by Gasteiger charge is -2.33. The van der Waals surface area contributed by atoms with Crippen molar-refractivity contribution in [3.63, 3.8) is 0 Å². The Bertz CT molecular complexity index is 1000. The third-order valence-corrected chi connectivity index (χ3v) is 7.57. The summed E-state index contributed by atoms with van der Waals surface area (Å²) < 4.78 is 7.72. The molecule has 25 heavy (non-hydrogen) atoms. The lowest BCUT2D eigenvalue weighted by molar-refractivity contribution is 0.415. The van der Waals surface area contributed by atoms with Crippen LogP contribution in [0.2, 0.25) is 0 Å². The summed E-state index contributed by atoms with van der Waals surface area (Å²) in [7, 11) is 5.24. The van der Waals surface area contributed by atoms with Crippen LogP contribution < -0.4 is 14.7 Å². The summed E-state index contributed by atoms with van der Waals surface area (Å²) in [5, 5.41) is 3.65. The molecular weight excluding hydrogens is 463 g/mol. The first-order valence-corrected chi connectivity index (χ1v) is 11.1. The fourth-order valence-electron chi connectivity index (χ4n) is 2.98. The van der Waals surface area contributed by atoms with E-state index in [0.717, 1.165) is 27.4 Å². The summed E-state index contributed by atoms with van der Waals surface area (Å²) in [6, 6.07) is 14.5. The summed E-state index contributed by atoms with van der Waals surface area (Å²) in [6.45, 7) is 4.44. The molecule has 0 saturated carbocycles.